The molecule has 0 bridgehead atoms. The fraction of sp³-hybridized carbons (Fsp3) is 0.500. The Labute approximate surface area is 103 Å². The predicted octanol–water partition coefficient (Wildman–Crippen LogP) is 3.02. The van der Waals surface area contributed by atoms with E-state index in [0.29, 0.717) is 12.3 Å². The summed E-state index contributed by atoms with van der Waals surface area (Å²) in [5.41, 5.74) is 7.86. The van der Waals surface area contributed by atoms with Crippen LogP contribution in [0.15, 0.2) is 24.3 Å². The number of nitrogens with one attached hydrogen (secondary N) is 2. The van der Waals surface area contributed by atoms with Gasteiger partial charge in [-0.25, -0.2) is 0 Å². The van der Waals surface area contributed by atoms with Gasteiger partial charge in [0.2, 0.25) is 5.91 Å². The zero-order valence-electron chi connectivity index (χ0n) is 10.3. The van der Waals surface area contributed by atoms with Crippen LogP contribution in [0.3, 0.4) is 0 Å². The van der Waals surface area contributed by atoms with Gasteiger partial charge in [-0.1, -0.05) is 31.0 Å². The maximum atomic E-state index is 11.7. The molecule has 2 N–H and O–H groups in total. The van der Waals surface area contributed by atoms with Crippen molar-refractivity contribution in [1.82, 2.24) is 5.43 Å². The Balaban J connectivity index is 1.77. The van der Waals surface area contributed by atoms with Gasteiger partial charge in [0, 0.05) is 6.42 Å². The fourth-order valence-electron chi connectivity index (χ4n) is 2.38. The lowest BCUT2D eigenvalue weighted by molar-refractivity contribution is -0.121. The van der Waals surface area contributed by atoms with Crippen molar-refractivity contribution < 1.29 is 4.79 Å². The molecule has 1 aliphatic rings. The minimum atomic E-state index is 0.0974. The maximum Gasteiger partial charge on any atom is 0.238 e. The first kappa shape index (κ1) is 12.0. The highest BCUT2D eigenvalue weighted by molar-refractivity contribution is 5.77. The van der Waals surface area contributed by atoms with Gasteiger partial charge in [0.1, 0.15) is 0 Å². The zero-order valence-corrected chi connectivity index (χ0v) is 10.3. The number of carbonyl (C=O) groups excluding carboxylic acids is 1. The van der Waals surface area contributed by atoms with E-state index in [-0.39, 0.29) is 5.91 Å². The average Bonchev–Trinajstić information content (AvgIpc) is 2.81. The van der Waals surface area contributed by atoms with E-state index in [0.717, 1.165) is 11.3 Å². The molecule has 0 saturated heterocycles. The van der Waals surface area contributed by atoms with Crippen molar-refractivity contribution in [3.63, 3.8) is 0 Å². The van der Waals surface area contributed by atoms with Gasteiger partial charge < -0.3 is 0 Å². The molecule has 0 aliphatic heterocycles. The highest BCUT2D eigenvalue weighted by Gasteiger charge is 2.18. The molecule has 1 amide bonds. The van der Waals surface area contributed by atoms with E-state index in [1.807, 2.05) is 31.2 Å². The summed E-state index contributed by atoms with van der Waals surface area (Å²) in [6, 6.07) is 7.93. The van der Waals surface area contributed by atoms with Gasteiger partial charge in [0.25, 0.3) is 0 Å². The van der Waals surface area contributed by atoms with Crippen LogP contribution < -0.4 is 10.9 Å². The van der Waals surface area contributed by atoms with Crippen LogP contribution in [0.4, 0.5) is 5.69 Å². The van der Waals surface area contributed by atoms with Gasteiger partial charge in [-0.15, -0.1) is 0 Å². The van der Waals surface area contributed by atoms with E-state index >= 15 is 0 Å². The van der Waals surface area contributed by atoms with E-state index in [2.05, 4.69) is 10.9 Å². The van der Waals surface area contributed by atoms with Crippen molar-refractivity contribution in [2.75, 3.05) is 5.43 Å². The molecule has 0 spiro atoms. The molecule has 0 aromatic heterocycles. The van der Waals surface area contributed by atoms with Crippen LogP contribution in [0, 0.1) is 12.8 Å². The van der Waals surface area contributed by atoms with Crippen molar-refractivity contribution in [3.05, 3.63) is 29.8 Å². The molecule has 1 saturated carbocycles. The minimum Gasteiger partial charge on any atom is -0.298 e. The number of amides is 1. The first-order valence-corrected chi connectivity index (χ1v) is 6.36. The van der Waals surface area contributed by atoms with Crippen molar-refractivity contribution in [3.8, 4) is 0 Å². The lowest BCUT2D eigenvalue weighted by Gasteiger charge is -2.12. The van der Waals surface area contributed by atoms with Gasteiger partial charge in [0.05, 0.1) is 5.69 Å². The van der Waals surface area contributed by atoms with Crippen molar-refractivity contribution in [1.29, 1.82) is 0 Å². The molecule has 3 heteroatoms. The smallest absolute Gasteiger partial charge is 0.238 e. The number of aryl methyl sites for hydroxylation is 1. The minimum absolute atomic E-state index is 0.0974. The first-order valence-electron chi connectivity index (χ1n) is 6.36. The Morgan fingerprint density at radius 2 is 2.00 bits per heavy atom. The summed E-state index contributed by atoms with van der Waals surface area (Å²) in [6.07, 6.45) is 5.63. The van der Waals surface area contributed by atoms with Crippen LogP contribution in [-0.4, -0.2) is 5.91 Å². The molecule has 0 heterocycles. The third kappa shape index (κ3) is 3.48. The van der Waals surface area contributed by atoms with Crippen LogP contribution in [0.1, 0.15) is 37.7 Å². The van der Waals surface area contributed by atoms with Gasteiger partial charge in [-0.05, 0) is 37.3 Å². The summed E-state index contributed by atoms with van der Waals surface area (Å²) in [5, 5.41) is 0. The Hall–Kier alpha value is -1.51. The lowest BCUT2D eigenvalue weighted by Crippen LogP contribution is -2.30. The Morgan fingerprint density at radius 3 is 2.71 bits per heavy atom. The summed E-state index contributed by atoms with van der Waals surface area (Å²) < 4.78 is 0. The second-order valence-electron chi connectivity index (χ2n) is 4.84. The summed E-state index contributed by atoms with van der Waals surface area (Å²) in [6.45, 7) is 2.02. The summed E-state index contributed by atoms with van der Waals surface area (Å²) in [4.78, 5) is 11.7. The van der Waals surface area contributed by atoms with Gasteiger partial charge in [-0.2, -0.15) is 0 Å². The van der Waals surface area contributed by atoms with Crippen molar-refractivity contribution in [2.45, 2.75) is 39.0 Å². The Morgan fingerprint density at radius 1 is 1.29 bits per heavy atom. The summed E-state index contributed by atoms with van der Waals surface area (Å²) in [7, 11) is 0. The number of hydrogen-bond acceptors (Lipinski definition) is 2. The SMILES string of the molecule is Cc1ccccc1NNC(=O)CC1CCCC1. The molecule has 0 atom stereocenters. The number of hydrogen-bond donors (Lipinski definition) is 2. The van der Waals surface area contributed by atoms with E-state index < -0.39 is 0 Å². The molecule has 17 heavy (non-hydrogen) atoms. The highest BCUT2D eigenvalue weighted by Crippen LogP contribution is 2.27. The third-order valence-corrected chi connectivity index (χ3v) is 3.43. The lowest BCUT2D eigenvalue weighted by atomic mass is 10.0. The number of para-hydroxylation sites is 1. The molecule has 1 aromatic rings. The Bertz CT molecular complexity index is 384. The number of rotatable bonds is 4. The largest absolute Gasteiger partial charge is 0.298 e. The first-order chi connectivity index (χ1) is 8.25. The normalized spacial score (nSPS) is 15.8. The molecular weight excluding hydrogens is 212 g/mol. The van der Waals surface area contributed by atoms with E-state index in [9.17, 15) is 4.79 Å². The van der Waals surface area contributed by atoms with Gasteiger partial charge >= 0.3 is 0 Å². The molecule has 1 aliphatic carbocycles. The van der Waals surface area contributed by atoms with E-state index in [4.69, 9.17) is 0 Å². The molecule has 0 radical (unpaired) electrons. The number of benzene rings is 1. The molecular formula is C14H20N2O. The number of anilines is 1. The molecule has 92 valence electrons. The third-order valence-electron chi connectivity index (χ3n) is 3.43. The molecule has 1 fully saturated rings. The zero-order chi connectivity index (χ0) is 12.1. The van der Waals surface area contributed by atoms with Crippen LogP contribution in [-0.2, 0) is 4.79 Å². The monoisotopic (exact) mass is 232 g/mol. The number of carbonyl (C=O) groups is 1. The summed E-state index contributed by atoms with van der Waals surface area (Å²) >= 11 is 0. The fourth-order valence-corrected chi connectivity index (χ4v) is 2.38. The van der Waals surface area contributed by atoms with Crippen LogP contribution in [0.5, 0.6) is 0 Å². The molecule has 2 rings (SSSR count). The average molecular weight is 232 g/mol. The quantitative estimate of drug-likeness (QED) is 0.783. The topological polar surface area (TPSA) is 41.1 Å². The molecule has 1 aromatic carbocycles. The van der Waals surface area contributed by atoms with Gasteiger partial charge in [0.15, 0.2) is 0 Å². The molecule has 3 nitrogen and oxygen atoms in total. The maximum absolute atomic E-state index is 11.7. The van der Waals surface area contributed by atoms with Crippen LogP contribution in [0.2, 0.25) is 0 Å². The highest BCUT2D eigenvalue weighted by atomic mass is 16.2. The van der Waals surface area contributed by atoms with E-state index in [1.54, 1.807) is 0 Å². The standard InChI is InChI=1S/C14H20N2O/c1-11-6-2-5-9-13(11)15-16-14(17)10-12-7-3-4-8-12/h2,5-6,9,12,15H,3-4,7-8,10H2,1H3,(H,16,17). The van der Waals surface area contributed by atoms with E-state index in [1.165, 1.54) is 25.7 Å². The molecule has 0 unspecified atom stereocenters. The summed E-state index contributed by atoms with van der Waals surface area (Å²) in [5.74, 6) is 0.689. The van der Waals surface area contributed by atoms with Crippen LogP contribution in [0.25, 0.3) is 0 Å². The van der Waals surface area contributed by atoms with Crippen molar-refractivity contribution >= 4 is 11.6 Å². The van der Waals surface area contributed by atoms with Crippen LogP contribution >= 0.6 is 0 Å². The number of hydrazine groups is 1. The second-order valence-corrected chi connectivity index (χ2v) is 4.84. The second kappa shape index (κ2) is 5.71. The van der Waals surface area contributed by atoms with Crippen molar-refractivity contribution in [2.24, 2.45) is 5.92 Å². The predicted molar refractivity (Wildman–Crippen MR) is 69.5 cm³/mol. The van der Waals surface area contributed by atoms with Gasteiger partial charge in [-0.3, -0.25) is 15.6 Å². The Kier molecular flexibility index (Phi) is 4.02.